The van der Waals surface area contributed by atoms with Crippen LogP contribution in [0.4, 0.5) is 13.2 Å². The Morgan fingerprint density at radius 3 is 2.65 bits per heavy atom. The van der Waals surface area contributed by atoms with Crippen molar-refractivity contribution in [1.29, 1.82) is 0 Å². The van der Waals surface area contributed by atoms with Gasteiger partial charge in [0.2, 0.25) is 0 Å². The van der Waals surface area contributed by atoms with E-state index in [4.69, 9.17) is 16.3 Å². The number of amides is 1. The maximum Gasteiger partial charge on any atom is 0.416 e. The van der Waals surface area contributed by atoms with Gasteiger partial charge in [-0.15, -0.1) is 11.6 Å². The molecule has 112 valence electrons. The van der Waals surface area contributed by atoms with Crippen molar-refractivity contribution >= 4 is 33.4 Å². The standard InChI is InChI=1S/C12H12BrClF3NO2/c13-10-2-1-8(12(15,16)17)7-9(10)11(19)18-4-6-20-5-3-14/h1-2,7H,3-6H2,(H,18,19). The summed E-state index contributed by atoms with van der Waals surface area (Å²) in [7, 11) is 0. The molecular weight excluding hydrogens is 362 g/mol. The van der Waals surface area contributed by atoms with Crippen LogP contribution in [0.15, 0.2) is 22.7 Å². The van der Waals surface area contributed by atoms with Crippen LogP contribution in [-0.4, -0.2) is 31.5 Å². The third-order valence-electron chi connectivity index (χ3n) is 2.29. The van der Waals surface area contributed by atoms with E-state index in [0.717, 1.165) is 12.1 Å². The van der Waals surface area contributed by atoms with Gasteiger partial charge in [-0.05, 0) is 34.1 Å². The number of halogens is 5. The van der Waals surface area contributed by atoms with E-state index >= 15 is 0 Å². The summed E-state index contributed by atoms with van der Waals surface area (Å²) in [6, 6.07) is 2.91. The fraction of sp³-hybridized carbons (Fsp3) is 0.417. The molecule has 8 heteroatoms. The van der Waals surface area contributed by atoms with Crippen LogP contribution in [0.3, 0.4) is 0 Å². The maximum atomic E-state index is 12.6. The number of hydrogen-bond acceptors (Lipinski definition) is 2. The summed E-state index contributed by atoms with van der Waals surface area (Å²) in [5.41, 5.74) is -0.943. The predicted octanol–water partition coefficient (Wildman–Crippen LogP) is 3.45. The fourth-order valence-corrected chi connectivity index (χ4v) is 1.90. The number of benzene rings is 1. The van der Waals surface area contributed by atoms with Gasteiger partial charge in [0, 0.05) is 16.9 Å². The van der Waals surface area contributed by atoms with E-state index in [1.165, 1.54) is 6.07 Å². The van der Waals surface area contributed by atoms with Crippen molar-refractivity contribution in [2.75, 3.05) is 25.6 Å². The first-order valence-electron chi connectivity index (χ1n) is 5.65. The molecule has 0 heterocycles. The topological polar surface area (TPSA) is 38.3 Å². The number of carbonyl (C=O) groups excluding carboxylic acids is 1. The number of nitrogens with one attached hydrogen (secondary N) is 1. The van der Waals surface area contributed by atoms with E-state index < -0.39 is 17.6 Å². The van der Waals surface area contributed by atoms with E-state index in [2.05, 4.69) is 21.2 Å². The van der Waals surface area contributed by atoms with Gasteiger partial charge in [-0.3, -0.25) is 4.79 Å². The van der Waals surface area contributed by atoms with Crippen molar-refractivity contribution in [1.82, 2.24) is 5.32 Å². The minimum absolute atomic E-state index is 0.0721. The van der Waals surface area contributed by atoms with Crippen molar-refractivity contribution < 1.29 is 22.7 Å². The lowest BCUT2D eigenvalue weighted by atomic mass is 10.1. The first-order chi connectivity index (χ1) is 9.36. The summed E-state index contributed by atoms with van der Waals surface area (Å²) in [5, 5.41) is 2.47. The average Bonchev–Trinajstić information content (AvgIpc) is 2.37. The van der Waals surface area contributed by atoms with Gasteiger partial charge in [0.1, 0.15) is 0 Å². The Labute approximate surface area is 127 Å². The summed E-state index contributed by atoms with van der Waals surface area (Å²) >= 11 is 8.45. The highest BCUT2D eigenvalue weighted by Gasteiger charge is 2.31. The monoisotopic (exact) mass is 373 g/mol. The van der Waals surface area contributed by atoms with Crippen LogP contribution < -0.4 is 5.32 Å². The molecule has 1 aromatic rings. The summed E-state index contributed by atoms with van der Waals surface area (Å²) in [6.45, 7) is 0.790. The number of rotatable bonds is 6. The molecule has 1 amide bonds. The molecule has 3 nitrogen and oxygen atoms in total. The highest BCUT2D eigenvalue weighted by molar-refractivity contribution is 9.10. The Balaban J connectivity index is 2.67. The average molecular weight is 375 g/mol. The van der Waals surface area contributed by atoms with Crippen LogP contribution in [0.5, 0.6) is 0 Å². The van der Waals surface area contributed by atoms with Gasteiger partial charge < -0.3 is 10.1 Å². The SMILES string of the molecule is O=C(NCCOCCCl)c1cc(C(F)(F)F)ccc1Br. The second-order valence-electron chi connectivity index (χ2n) is 3.75. The third kappa shape index (κ3) is 5.30. The maximum absolute atomic E-state index is 12.6. The molecule has 0 radical (unpaired) electrons. The quantitative estimate of drug-likeness (QED) is 0.612. The number of hydrogen-bond donors (Lipinski definition) is 1. The Morgan fingerprint density at radius 1 is 1.35 bits per heavy atom. The van der Waals surface area contributed by atoms with Crippen LogP contribution in [0.1, 0.15) is 15.9 Å². The Kier molecular flexibility index (Phi) is 6.78. The molecule has 0 aliphatic carbocycles. The number of ether oxygens (including phenoxy) is 1. The fourth-order valence-electron chi connectivity index (χ4n) is 1.36. The van der Waals surface area contributed by atoms with Crippen LogP contribution in [-0.2, 0) is 10.9 Å². The summed E-state index contributed by atoms with van der Waals surface area (Å²) in [4.78, 5) is 11.8. The van der Waals surface area contributed by atoms with Gasteiger partial charge in [0.25, 0.3) is 5.91 Å². The zero-order chi connectivity index (χ0) is 15.2. The second-order valence-corrected chi connectivity index (χ2v) is 4.98. The first kappa shape index (κ1) is 17.3. The van der Waals surface area contributed by atoms with Crippen LogP contribution in [0.2, 0.25) is 0 Å². The molecule has 0 saturated heterocycles. The first-order valence-corrected chi connectivity index (χ1v) is 6.97. The molecule has 0 fully saturated rings. The van der Waals surface area contributed by atoms with E-state index in [0.29, 0.717) is 17.0 Å². The lowest BCUT2D eigenvalue weighted by Crippen LogP contribution is -2.28. The molecule has 1 rings (SSSR count). The van der Waals surface area contributed by atoms with Crippen molar-refractivity contribution in [3.63, 3.8) is 0 Å². The van der Waals surface area contributed by atoms with Crippen LogP contribution in [0, 0.1) is 0 Å². The van der Waals surface area contributed by atoms with Crippen molar-refractivity contribution in [2.45, 2.75) is 6.18 Å². The molecule has 0 spiro atoms. The highest BCUT2D eigenvalue weighted by Crippen LogP contribution is 2.31. The van der Waals surface area contributed by atoms with Gasteiger partial charge in [0.05, 0.1) is 24.3 Å². The van der Waals surface area contributed by atoms with E-state index in [9.17, 15) is 18.0 Å². The molecule has 0 aliphatic heterocycles. The molecule has 0 atom stereocenters. The smallest absolute Gasteiger partial charge is 0.378 e. The highest BCUT2D eigenvalue weighted by atomic mass is 79.9. The van der Waals surface area contributed by atoms with Gasteiger partial charge >= 0.3 is 6.18 Å². The lowest BCUT2D eigenvalue weighted by Gasteiger charge is -2.11. The molecule has 0 saturated carbocycles. The zero-order valence-corrected chi connectivity index (χ0v) is 12.6. The molecule has 1 aromatic carbocycles. The van der Waals surface area contributed by atoms with E-state index in [-0.39, 0.29) is 18.7 Å². The normalized spacial score (nSPS) is 11.4. The largest absolute Gasteiger partial charge is 0.416 e. The number of alkyl halides is 4. The number of carbonyl (C=O) groups is 1. The Bertz CT molecular complexity index is 469. The summed E-state index contributed by atoms with van der Waals surface area (Å²) in [5.74, 6) is -0.259. The third-order valence-corrected chi connectivity index (χ3v) is 3.14. The molecule has 20 heavy (non-hydrogen) atoms. The summed E-state index contributed by atoms with van der Waals surface area (Å²) < 4.78 is 43.1. The summed E-state index contributed by atoms with van der Waals surface area (Å²) in [6.07, 6.45) is -4.49. The Morgan fingerprint density at radius 2 is 2.05 bits per heavy atom. The molecule has 1 N–H and O–H groups in total. The van der Waals surface area contributed by atoms with Gasteiger partial charge in [0.15, 0.2) is 0 Å². The molecule has 0 bridgehead atoms. The zero-order valence-electron chi connectivity index (χ0n) is 10.3. The van der Waals surface area contributed by atoms with E-state index in [1.807, 2.05) is 0 Å². The van der Waals surface area contributed by atoms with E-state index in [1.54, 1.807) is 0 Å². The van der Waals surface area contributed by atoms with Gasteiger partial charge in [-0.1, -0.05) is 0 Å². The molecule has 0 aromatic heterocycles. The van der Waals surface area contributed by atoms with Gasteiger partial charge in [-0.2, -0.15) is 13.2 Å². The molecule has 0 unspecified atom stereocenters. The Hall–Kier alpha value is -0.790. The lowest BCUT2D eigenvalue weighted by molar-refractivity contribution is -0.137. The van der Waals surface area contributed by atoms with Crippen molar-refractivity contribution in [3.05, 3.63) is 33.8 Å². The minimum Gasteiger partial charge on any atom is -0.378 e. The molecule has 0 aliphatic rings. The minimum atomic E-state index is -4.49. The van der Waals surface area contributed by atoms with Crippen molar-refractivity contribution in [2.24, 2.45) is 0 Å². The van der Waals surface area contributed by atoms with Crippen LogP contribution in [0.25, 0.3) is 0 Å². The van der Waals surface area contributed by atoms with Gasteiger partial charge in [-0.25, -0.2) is 0 Å². The second kappa shape index (κ2) is 7.85. The van der Waals surface area contributed by atoms with Crippen LogP contribution >= 0.6 is 27.5 Å². The molecular formula is C12H12BrClF3NO2. The van der Waals surface area contributed by atoms with Crippen molar-refractivity contribution in [3.8, 4) is 0 Å². The predicted molar refractivity (Wildman–Crippen MR) is 73.0 cm³/mol.